The number of likely N-dealkylation sites (N-methyl/N-ethyl adjacent to an activating group) is 1. The normalized spacial score (nSPS) is 21.1. The molecule has 20 heavy (non-hydrogen) atoms. The summed E-state index contributed by atoms with van der Waals surface area (Å²) in [5.41, 5.74) is 0.624. The first kappa shape index (κ1) is 13.2. The molecule has 2 heterocycles. The van der Waals surface area contributed by atoms with Gasteiger partial charge in [0, 0.05) is 25.2 Å². The van der Waals surface area contributed by atoms with Gasteiger partial charge in [0.15, 0.2) is 11.5 Å². The molecular formula is C14H18N2O4. The minimum Gasteiger partial charge on any atom is -0.454 e. The number of amides is 1. The number of hydrogen-bond acceptors (Lipinski definition) is 5. The Morgan fingerprint density at radius 3 is 3.10 bits per heavy atom. The minimum absolute atomic E-state index is 0.00713. The lowest BCUT2D eigenvalue weighted by atomic mass is 10.1. The van der Waals surface area contributed by atoms with Gasteiger partial charge < -0.3 is 24.4 Å². The average Bonchev–Trinajstić information content (AvgIpc) is 2.94. The molecule has 6 heteroatoms. The van der Waals surface area contributed by atoms with Gasteiger partial charge in [-0.2, -0.15) is 0 Å². The SMILES string of the molecule is CNCC1CN(C(=O)c2ccc3c(c2)OCO3)CCO1. The molecule has 1 amide bonds. The molecule has 3 rings (SSSR count). The van der Waals surface area contributed by atoms with Gasteiger partial charge in [0.1, 0.15) is 0 Å². The van der Waals surface area contributed by atoms with Crippen molar-refractivity contribution >= 4 is 5.91 Å². The molecule has 1 aromatic rings. The number of carbonyl (C=O) groups is 1. The van der Waals surface area contributed by atoms with Gasteiger partial charge in [-0.05, 0) is 25.2 Å². The molecule has 0 spiro atoms. The van der Waals surface area contributed by atoms with Gasteiger partial charge >= 0.3 is 0 Å². The standard InChI is InChI=1S/C14H18N2O4/c1-15-7-11-8-16(4-5-18-11)14(17)10-2-3-12-13(6-10)20-9-19-12/h2-3,6,11,15H,4-5,7-9H2,1H3. The average molecular weight is 278 g/mol. The molecule has 108 valence electrons. The van der Waals surface area contributed by atoms with E-state index in [0.717, 1.165) is 6.54 Å². The lowest BCUT2D eigenvalue weighted by molar-refractivity contribution is -0.0196. The molecule has 0 saturated carbocycles. The number of morpholine rings is 1. The van der Waals surface area contributed by atoms with E-state index < -0.39 is 0 Å². The zero-order valence-electron chi connectivity index (χ0n) is 11.4. The molecule has 2 aliphatic heterocycles. The molecule has 6 nitrogen and oxygen atoms in total. The van der Waals surface area contributed by atoms with Crippen molar-refractivity contribution in [2.45, 2.75) is 6.10 Å². The van der Waals surface area contributed by atoms with Gasteiger partial charge in [0.25, 0.3) is 5.91 Å². The molecule has 1 N–H and O–H groups in total. The highest BCUT2D eigenvalue weighted by molar-refractivity contribution is 5.95. The van der Waals surface area contributed by atoms with Crippen LogP contribution in [0.4, 0.5) is 0 Å². The number of carbonyl (C=O) groups excluding carboxylic acids is 1. The minimum atomic E-state index is 0.00713. The van der Waals surface area contributed by atoms with Crippen LogP contribution in [0.1, 0.15) is 10.4 Å². The first-order valence-corrected chi connectivity index (χ1v) is 6.73. The Kier molecular flexibility index (Phi) is 3.75. The Balaban J connectivity index is 1.72. The fourth-order valence-electron chi connectivity index (χ4n) is 2.47. The topological polar surface area (TPSA) is 60.0 Å². The molecule has 1 fully saturated rings. The predicted molar refractivity (Wildman–Crippen MR) is 72.1 cm³/mol. The maximum Gasteiger partial charge on any atom is 0.254 e. The van der Waals surface area contributed by atoms with Crippen molar-refractivity contribution in [1.29, 1.82) is 0 Å². The summed E-state index contributed by atoms with van der Waals surface area (Å²) in [4.78, 5) is 14.3. The Morgan fingerprint density at radius 1 is 1.40 bits per heavy atom. The van der Waals surface area contributed by atoms with E-state index in [-0.39, 0.29) is 18.8 Å². The van der Waals surface area contributed by atoms with Gasteiger partial charge in [0.05, 0.1) is 12.7 Å². The lowest BCUT2D eigenvalue weighted by Crippen LogP contribution is -2.48. The van der Waals surface area contributed by atoms with Crippen LogP contribution in [-0.4, -0.2) is 57.0 Å². The van der Waals surface area contributed by atoms with E-state index in [1.807, 2.05) is 11.9 Å². The van der Waals surface area contributed by atoms with Crippen LogP contribution in [-0.2, 0) is 4.74 Å². The van der Waals surface area contributed by atoms with E-state index in [0.29, 0.717) is 36.8 Å². The van der Waals surface area contributed by atoms with Crippen LogP contribution < -0.4 is 14.8 Å². The number of nitrogens with one attached hydrogen (secondary N) is 1. The van der Waals surface area contributed by atoms with Crippen molar-refractivity contribution in [2.75, 3.05) is 40.1 Å². The van der Waals surface area contributed by atoms with Gasteiger partial charge in [-0.1, -0.05) is 0 Å². The fourth-order valence-corrected chi connectivity index (χ4v) is 2.47. The zero-order valence-corrected chi connectivity index (χ0v) is 11.4. The highest BCUT2D eigenvalue weighted by Crippen LogP contribution is 2.32. The van der Waals surface area contributed by atoms with E-state index in [1.165, 1.54) is 0 Å². The maximum absolute atomic E-state index is 12.5. The highest BCUT2D eigenvalue weighted by Gasteiger charge is 2.25. The van der Waals surface area contributed by atoms with Crippen LogP contribution >= 0.6 is 0 Å². The smallest absolute Gasteiger partial charge is 0.254 e. The molecular weight excluding hydrogens is 260 g/mol. The lowest BCUT2D eigenvalue weighted by Gasteiger charge is -2.33. The summed E-state index contributed by atoms with van der Waals surface area (Å²) in [7, 11) is 1.88. The third-order valence-corrected chi connectivity index (χ3v) is 3.48. The number of rotatable bonds is 3. The molecule has 0 bridgehead atoms. The number of ether oxygens (including phenoxy) is 3. The van der Waals surface area contributed by atoms with Crippen molar-refractivity contribution in [3.8, 4) is 11.5 Å². The second-order valence-electron chi connectivity index (χ2n) is 4.87. The van der Waals surface area contributed by atoms with E-state index in [2.05, 4.69) is 5.32 Å². The summed E-state index contributed by atoms with van der Waals surface area (Å²) in [6, 6.07) is 5.30. The fraction of sp³-hybridized carbons (Fsp3) is 0.500. The van der Waals surface area contributed by atoms with Gasteiger partial charge in [-0.3, -0.25) is 4.79 Å². The van der Waals surface area contributed by atoms with Crippen molar-refractivity contribution in [3.05, 3.63) is 23.8 Å². The summed E-state index contributed by atoms with van der Waals surface area (Å²) in [5, 5.41) is 3.07. The Hall–Kier alpha value is -1.79. The molecule has 0 aromatic heterocycles. The van der Waals surface area contributed by atoms with Crippen LogP contribution in [0.15, 0.2) is 18.2 Å². The van der Waals surface area contributed by atoms with Crippen LogP contribution in [0.3, 0.4) is 0 Å². The van der Waals surface area contributed by atoms with Crippen LogP contribution in [0.25, 0.3) is 0 Å². The van der Waals surface area contributed by atoms with Crippen LogP contribution in [0.2, 0.25) is 0 Å². The molecule has 1 saturated heterocycles. The van der Waals surface area contributed by atoms with Gasteiger partial charge in [0.2, 0.25) is 6.79 Å². The van der Waals surface area contributed by atoms with Crippen molar-refractivity contribution < 1.29 is 19.0 Å². The molecule has 1 unspecified atom stereocenters. The molecule has 1 aromatic carbocycles. The third-order valence-electron chi connectivity index (χ3n) is 3.48. The van der Waals surface area contributed by atoms with Crippen LogP contribution in [0.5, 0.6) is 11.5 Å². The number of benzene rings is 1. The summed E-state index contributed by atoms with van der Waals surface area (Å²) in [6.07, 6.45) is 0.0479. The predicted octanol–water partition coefficient (Wildman–Crippen LogP) is 0.476. The molecule has 0 aliphatic carbocycles. The van der Waals surface area contributed by atoms with Crippen LogP contribution in [0, 0.1) is 0 Å². The maximum atomic E-state index is 12.5. The monoisotopic (exact) mass is 278 g/mol. The largest absolute Gasteiger partial charge is 0.454 e. The summed E-state index contributed by atoms with van der Waals surface area (Å²) < 4.78 is 16.2. The van der Waals surface area contributed by atoms with Crippen molar-refractivity contribution in [1.82, 2.24) is 10.2 Å². The van der Waals surface area contributed by atoms with Crippen molar-refractivity contribution in [2.24, 2.45) is 0 Å². The first-order valence-electron chi connectivity index (χ1n) is 6.73. The number of hydrogen-bond donors (Lipinski definition) is 1. The highest BCUT2D eigenvalue weighted by atomic mass is 16.7. The molecule has 1 atom stereocenters. The van der Waals surface area contributed by atoms with Gasteiger partial charge in [-0.15, -0.1) is 0 Å². The van der Waals surface area contributed by atoms with E-state index >= 15 is 0 Å². The Morgan fingerprint density at radius 2 is 2.25 bits per heavy atom. The van der Waals surface area contributed by atoms with E-state index in [4.69, 9.17) is 14.2 Å². The zero-order chi connectivity index (χ0) is 13.9. The quantitative estimate of drug-likeness (QED) is 0.871. The number of fused-ring (bicyclic) bond motifs is 1. The summed E-state index contributed by atoms with van der Waals surface area (Å²) in [5.74, 6) is 1.33. The summed E-state index contributed by atoms with van der Waals surface area (Å²) in [6.45, 7) is 2.75. The summed E-state index contributed by atoms with van der Waals surface area (Å²) >= 11 is 0. The van der Waals surface area contributed by atoms with E-state index in [1.54, 1.807) is 18.2 Å². The van der Waals surface area contributed by atoms with Gasteiger partial charge in [-0.25, -0.2) is 0 Å². The molecule has 0 radical (unpaired) electrons. The Bertz CT molecular complexity index is 504. The second-order valence-corrected chi connectivity index (χ2v) is 4.87. The number of nitrogens with zero attached hydrogens (tertiary/aromatic N) is 1. The van der Waals surface area contributed by atoms with Crippen molar-refractivity contribution in [3.63, 3.8) is 0 Å². The molecule has 2 aliphatic rings. The third kappa shape index (κ3) is 2.57. The first-order chi connectivity index (χ1) is 9.78. The Labute approximate surface area is 117 Å². The van der Waals surface area contributed by atoms with E-state index in [9.17, 15) is 4.79 Å². The second kappa shape index (κ2) is 5.68.